The number of aromatic nitrogens is 3. The summed E-state index contributed by atoms with van der Waals surface area (Å²) in [5.41, 5.74) is 7.39. The monoisotopic (exact) mass is 441 g/mol. The van der Waals surface area contributed by atoms with Crippen molar-refractivity contribution < 1.29 is 4.79 Å². The molecule has 1 aromatic heterocycles. The third-order valence-corrected chi connectivity index (χ3v) is 6.58. The number of halogens is 1. The molecule has 0 aliphatic carbocycles. The van der Waals surface area contributed by atoms with Gasteiger partial charge in [0.1, 0.15) is 5.25 Å². The fraction of sp³-hybridized carbons (Fsp3) is 0.318. The molecule has 0 unspecified atom stereocenters. The van der Waals surface area contributed by atoms with Gasteiger partial charge in [-0.2, -0.15) is 0 Å². The lowest BCUT2D eigenvalue weighted by Crippen LogP contribution is -2.41. The summed E-state index contributed by atoms with van der Waals surface area (Å²) in [5, 5.41) is 12.5. The van der Waals surface area contributed by atoms with Gasteiger partial charge in [-0.3, -0.25) is 4.79 Å². The van der Waals surface area contributed by atoms with Crippen LogP contribution in [-0.2, 0) is 11.2 Å². The summed E-state index contributed by atoms with van der Waals surface area (Å²) in [4.78, 5) is 13.4. The molecular weight excluding hydrogens is 418 g/mol. The number of aryl methyl sites for hydroxylation is 3. The maximum atomic E-state index is 13.4. The average molecular weight is 442 g/mol. The first-order chi connectivity index (χ1) is 14.5. The van der Waals surface area contributed by atoms with Crippen LogP contribution in [0.15, 0.2) is 47.6 Å². The van der Waals surface area contributed by atoms with Gasteiger partial charge in [0.15, 0.2) is 5.82 Å². The van der Waals surface area contributed by atoms with E-state index in [9.17, 15) is 4.79 Å². The Hall–Kier alpha value is -2.51. The van der Waals surface area contributed by atoms with Crippen LogP contribution in [-0.4, -0.2) is 26.0 Å². The average Bonchev–Trinajstić information content (AvgIpc) is 3.12. The Morgan fingerprint density at radius 1 is 1.20 bits per heavy atom. The van der Waals surface area contributed by atoms with Crippen LogP contribution in [0.5, 0.6) is 0 Å². The van der Waals surface area contributed by atoms with Gasteiger partial charge in [-0.1, -0.05) is 66.2 Å². The number of anilines is 1. The van der Waals surface area contributed by atoms with Crippen LogP contribution in [0.1, 0.15) is 41.9 Å². The van der Waals surface area contributed by atoms with E-state index in [0.717, 1.165) is 35.5 Å². The Labute approximate surface area is 185 Å². The van der Waals surface area contributed by atoms with Gasteiger partial charge in [0, 0.05) is 17.1 Å². The van der Waals surface area contributed by atoms with Crippen molar-refractivity contribution in [2.24, 2.45) is 0 Å². The van der Waals surface area contributed by atoms with E-state index in [-0.39, 0.29) is 11.9 Å². The third kappa shape index (κ3) is 4.18. The van der Waals surface area contributed by atoms with Gasteiger partial charge in [0.05, 0.1) is 6.04 Å². The third-order valence-electron chi connectivity index (χ3n) is 5.13. The lowest BCUT2D eigenvalue weighted by Gasteiger charge is -2.33. The van der Waals surface area contributed by atoms with E-state index < -0.39 is 5.25 Å². The van der Waals surface area contributed by atoms with Crippen molar-refractivity contribution in [2.75, 3.05) is 10.7 Å². The van der Waals surface area contributed by atoms with Crippen LogP contribution in [0.2, 0.25) is 5.02 Å². The van der Waals surface area contributed by atoms with Gasteiger partial charge in [0.2, 0.25) is 11.1 Å². The van der Waals surface area contributed by atoms with Gasteiger partial charge in [-0.05, 0) is 43.5 Å². The van der Waals surface area contributed by atoms with Gasteiger partial charge in [0.25, 0.3) is 0 Å². The Balaban J connectivity index is 1.68. The van der Waals surface area contributed by atoms with Crippen LogP contribution in [0.25, 0.3) is 0 Å². The lowest BCUT2D eigenvalue weighted by molar-refractivity contribution is -0.116. The highest BCUT2D eigenvalue weighted by Crippen LogP contribution is 2.38. The largest absolute Gasteiger partial charge is 0.325 e. The highest BCUT2D eigenvalue weighted by molar-refractivity contribution is 8.00. The summed E-state index contributed by atoms with van der Waals surface area (Å²) in [6.45, 7) is 6.11. The molecule has 4 rings (SSSR count). The van der Waals surface area contributed by atoms with Gasteiger partial charge in [-0.15, -0.1) is 10.2 Å². The van der Waals surface area contributed by atoms with E-state index in [0.29, 0.717) is 10.2 Å². The quantitative estimate of drug-likeness (QED) is 0.589. The smallest absolute Gasteiger partial charge is 0.240 e. The first-order valence-corrected chi connectivity index (χ1v) is 11.2. The van der Waals surface area contributed by atoms with Gasteiger partial charge in [-0.25, -0.2) is 4.68 Å². The van der Waals surface area contributed by atoms with Crippen molar-refractivity contribution in [3.8, 4) is 0 Å². The molecule has 0 spiro atoms. The topological polar surface area (TPSA) is 71.8 Å². The molecule has 30 heavy (non-hydrogen) atoms. The van der Waals surface area contributed by atoms with Crippen molar-refractivity contribution in [1.29, 1.82) is 0 Å². The van der Waals surface area contributed by atoms with Crippen molar-refractivity contribution in [3.05, 3.63) is 70.0 Å². The molecule has 1 aliphatic heterocycles. The predicted octanol–water partition coefficient (Wildman–Crippen LogP) is 4.90. The molecule has 0 radical (unpaired) electrons. The first-order valence-electron chi connectivity index (χ1n) is 9.97. The lowest BCUT2D eigenvalue weighted by atomic mass is 10.0. The van der Waals surface area contributed by atoms with E-state index in [1.807, 2.05) is 23.7 Å². The number of hydrogen-bond donors (Lipinski definition) is 2. The van der Waals surface area contributed by atoms with Gasteiger partial charge >= 0.3 is 0 Å². The molecule has 1 aliphatic rings. The number of nitrogens with zero attached hydrogens (tertiary/aromatic N) is 3. The summed E-state index contributed by atoms with van der Waals surface area (Å²) in [6.07, 6.45) is 1.79. The van der Waals surface area contributed by atoms with Crippen LogP contribution in [0, 0.1) is 13.8 Å². The Kier molecular flexibility index (Phi) is 6.01. The molecule has 2 aromatic carbocycles. The van der Waals surface area contributed by atoms with Crippen molar-refractivity contribution >= 4 is 35.0 Å². The maximum Gasteiger partial charge on any atom is 0.240 e. The molecular formula is C22H24ClN5OS. The van der Waals surface area contributed by atoms with E-state index in [4.69, 9.17) is 11.6 Å². The second-order valence-electron chi connectivity index (χ2n) is 7.49. The summed E-state index contributed by atoms with van der Waals surface area (Å²) in [6, 6.07) is 13.5. The van der Waals surface area contributed by atoms with Crippen molar-refractivity contribution in [1.82, 2.24) is 14.9 Å². The zero-order valence-corrected chi connectivity index (χ0v) is 18.7. The van der Waals surface area contributed by atoms with Crippen LogP contribution in [0.4, 0.5) is 5.69 Å². The first kappa shape index (κ1) is 20.8. The minimum atomic E-state index is -0.419. The number of rotatable bonds is 5. The molecule has 1 amide bonds. The number of hydrogen-bond acceptors (Lipinski definition) is 5. The standard InChI is InChI=1S/C22H24ClN5OS/c1-4-5-18-25-26-22-28(18)27-19(15-9-6-13(2)7-10-15)20(30-22)21(29)24-17-12-16(23)11-8-14(17)3/h6-12,19-20,27H,4-5H2,1-3H3,(H,24,29)/t19-,20+/m0/s1. The maximum absolute atomic E-state index is 13.4. The summed E-state index contributed by atoms with van der Waals surface area (Å²) >= 11 is 7.56. The van der Waals surface area contributed by atoms with E-state index in [1.54, 1.807) is 6.07 Å². The summed E-state index contributed by atoms with van der Waals surface area (Å²) in [5.74, 6) is 0.774. The fourth-order valence-corrected chi connectivity index (χ4v) is 4.71. The molecule has 0 saturated heterocycles. The molecule has 8 heteroatoms. The molecule has 0 saturated carbocycles. The van der Waals surface area contributed by atoms with Crippen LogP contribution in [0.3, 0.4) is 0 Å². The van der Waals surface area contributed by atoms with Crippen LogP contribution < -0.4 is 10.7 Å². The minimum Gasteiger partial charge on any atom is -0.325 e. The Bertz CT molecular complexity index is 1070. The SMILES string of the molecule is CCCc1nnc2n1N[C@@H](c1ccc(C)cc1)[C@H](C(=O)Nc1cc(Cl)ccc1C)S2. The molecule has 2 N–H and O–H groups in total. The molecule has 6 nitrogen and oxygen atoms in total. The van der Waals surface area contributed by atoms with Crippen molar-refractivity contribution in [2.45, 2.75) is 50.1 Å². The molecule has 2 atom stereocenters. The number of carbonyl (C=O) groups is 1. The zero-order valence-electron chi connectivity index (χ0n) is 17.1. The predicted molar refractivity (Wildman–Crippen MR) is 122 cm³/mol. The summed E-state index contributed by atoms with van der Waals surface area (Å²) in [7, 11) is 0. The van der Waals surface area contributed by atoms with Gasteiger partial charge < -0.3 is 10.7 Å². The highest BCUT2D eigenvalue weighted by Gasteiger charge is 2.37. The number of amides is 1. The van der Waals surface area contributed by atoms with E-state index >= 15 is 0 Å². The molecule has 156 valence electrons. The number of fused-ring (bicyclic) bond motifs is 1. The number of nitrogens with one attached hydrogen (secondary N) is 2. The second-order valence-corrected chi connectivity index (χ2v) is 9.03. The van der Waals surface area contributed by atoms with E-state index in [1.165, 1.54) is 17.3 Å². The van der Waals surface area contributed by atoms with E-state index in [2.05, 4.69) is 59.1 Å². The normalized spacial score (nSPS) is 17.9. The van der Waals surface area contributed by atoms with Crippen molar-refractivity contribution in [3.63, 3.8) is 0 Å². The Morgan fingerprint density at radius 2 is 1.97 bits per heavy atom. The molecule has 0 fully saturated rings. The molecule has 2 heterocycles. The second kappa shape index (κ2) is 8.70. The molecule has 3 aromatic rings. The number of thioether (sulfide) groups is 1. The number of benzene rings is 2. The number of carbonyl (C=O) groups excluding carboxylic acids is 1. The fourth-order valence-electron chi connectivity index (χ4n) is 3.44. The minimum absolute atomic E-state index is 0.102. The zero-order chi connectivity index (χ0) is 21.3. The summed E-state index contributed by atoms with van der Waals surface area (Å²) < 4.78 is 1.92. The van der Waals surface area contributed by atoms with Crippen LogP contribution >= 0.6 is 23.4 Å². The highest BCUT2D eigenvalue weighted by atomic mass is 35.5. The molecule has 0 bridgehead atoms. The Morgan fingerprint density at radius 3 is 2.70 bits per heavy atom.